The molecule has 0 saturated heterocycles. The molecule has 0 amide bonds. The first kappa shape index (κ1) is 15.2. The van der Waals surface area contributed by atoms with Crippen LogP contribution in [0.3, 0.4) is 0 Å². The number of hydrogen-bond donors (Lipinski definition) is 2. The lowest BCUT2D eigenvalue weighted by Gasteiger charge is -2.33. The van der Waals surface area contributed by atoms with Crippen molar-refractivity contribution in [1.82, 2.24) is 9.36 Å². The molecular formula is C14H23N3O2S. The van der Waals surface area contributed by atoms with Crippen molar-refractivity contribution in [2.75, 3.05) is 11.9 Å². The monoisotopic (exact) mass is 297 g/mol. The zero-order valence-electron chi connectivity index (χ0n) is 12.4. The van der Waals surface area contributed by atoms with Crippen molar-refractivity contribution in [2.45, 2.75) is 58.3 Å². The second kappa shape index (κ2) is 5.68. The Bertz CT molecular complexity index is 473. The van der Waals surface area contributed by atoms with E-state index in [9.17, 15) is 9.90 Å². The smallest absolute Gasteiger partial charge is 0.311 e. The fourth-order valence-corrected chi connectivity index (χ4v) is 3.29. The first-order valence-corrected chi connectivity index (χ1v) is 7.92. The van der Waals surface area contributed by atoms with E-state index in [4.69, 9.17) is 0 Å². The molecule has 1 aliphatic rings. The maximum absolute atomic E-state index is 11.6. The molecule has 6 heteroatoms. The van der Waals surface area contributed by atoms with Crippen LogP contribution >= 0.6 is 11.5 Å². The van der Waals surface area contributed by atoms with Crippen LogP contribution in [0.25, 0.3) is 0 Å². The average molecular weight is 297 g/mol. The summed E-state index contributed by atoms with van der Waals surface area (Å²) in [4.78, 5) is 16.0. The van der Waals surface area contributed by atoms with E-state index in [0.29, 0.717) is 6.54 Å². The van der Waals surface area contributed by atoms with Gasteiger partial charge in [-0.05, 0) is 12.8 Å². The summed E-state index contributed by atoms with van der Waals surface area (Å²) >= 11 is 1.31. The van der Waals surface area contributed by atoms with Crippen LogP contribution in [0.5, 0.6) is 0 Å². The van der Waals surface area contributed by atoms with Gasteiger partial charge in [0, 0.05) is 23.5 Å². The third kappa shape index (κ3) is 3.29. The minimum atomic E-state index is -0.690. The summed E-state index contributed by atoms with van der Waals surface area (Å²) in [6.07, 6.45) is 4.64. The van der Waals surface area contributed by atoms with E-state index in [0.717, 1.165) is 43.1 Å². The number of carboxylic acid groups (broad SMARTS) is 1. The molecule has 2 N–H and O–H groups in total. The Morgan fingerprint density at radius 1 is 1.35 bits per heavy atom. The van der Waals surface area contributed by atoms with Gasteiger partial charge in [-0.1, -0.05) is 40.0 Å². The van der Waals surface area contributed by atoms with E-state index in [1.165, 1.54) is 11.5 Å². The average Bonchev–Trinajstić information content (AvgIpc) is 2.86. The van der Waals surface area contributed by atoms with E-state index >= 15 is 0 Å². The number of carboxylic acids is 1. The van der Waals surface area contributed by atoms with E-state index in [2.05, 4.69) is 35.4 Å². The minimum absolute atomic E-state index is 0.0776. The molecule has 1 saturated carbocycles. The zero-order chi connectivity index (χ0) is 14.8. The van der Waals surface area contributed by atoms with Crippen LogP contribution in [0.1, 0.15) is 58.7 Å². The van der Waals surface area contributed by atoms with Crippen molar-refractivity contribution in [3.05, 3.63) is 5.82 Å². The van der Waals surface area contributed by atoms with Gasteiger partial charge in [0.25, 0.3) is 0 Å². The molecule has 20 heavy (non-hydrogen) atoms. The fourth-order valence-electron chi connectivity index (χ4n) is 2.54. The summed E-state index contributed by atoms with van der Waals surface area (Å²) < 4.78 is 4.34. The third-order valence-corrected chi connectivity index (χ3v) is 4.61. The maximum Gasteiger partial charge on any atom is 0.311 e. The number of nitrogens with zero attached hydrogens (tertiary/aromatic N) is 2. The molecule has 1 aromatic heterocycles. The highest BCUT2D eigenvalue weighted by Crippen LogP contribution is 2.37. The highest BCUT2D eigenvalue weighted by molar-refractivity contribution is 7.09. The molecule has 1 aliphatic carbocycles. The molecule has 5 nitrogen and oxygen atoms in total. The Morgan fingerprint density at radius 2 is 2.00 bits per heavy atom. The number of carbonyl (C=O) groups is 1. The van der Waals surface area contributed by atoms with Gasteiger partial charge in [-0.15, -0.1) is 0 Å². The van der Waals surface area contributed by atoms with Gasteiger partial charge < -0.3 is 10.4 Å². The summed E-state index contributed by atoms with van der Waals surface area (Å²) in [6, 6.07) is 0. The van der Waals surface area contributed by atoms with E-state index in [-0.39, 0.29) is 5.41 Å². The van der Waals surface area contributed by atoms with Crippen molar-refractivity contribution in [1.29, 1.82) is 0 Å². The largest absolute Gasteiger partial charge is 0.481 e. The molecule has 1 heterocycles. The number of anilines is 1. The molecule has 1 fully saturated rings. The number of nitrogens with one attached hydrogen (secondary N) is 1. The second-order valence-electron chi connectivity index (χ2n) is 6.67. The summed E-state index contributed by atoms with van der Waals surface area (Å²) in [5.41, 5.74) is -0.711. The molecule has 0 spiro atoms. The summed E-state index contributed by atoms with van der Waals surface area (Å²) in [7, 11) is 0. The van der Waals surface area contributed by atoms with Crippen molar-refractivity contribution in [3.63, 3.8) is 0 Å². The first-order valence-electron chi connectivity index (χ1n) is 7.15. The van der Waals surface area contributed by atoms with Gasteiger partial charge in [-0.25, -0.2) is 4.98 Å². The molecule has 0 aromatic carbocycles. The number of rotatable bonds is 4. The lowest BCUT2D eigenvalue weighted by atomic mass is 9.74. The summed E-state index contributed by atoms with van der Waals surface area (Å²) in [5, 5.41) is 13.4. The topological polar surface area (TPSA) is 75.1 Å². The van der Waals surface area contributed by atoms with Crippen molar-refractivity contribution < 1.29 is 9.90 Å². The van der Waals surface area contributed by atoms with E-state index in [1.54, 1.807) is 0 Å². The molecule has 112 valence electrons. The van der Waals surface area contributed by atoms with Gasteiger partial charge in [0.2, 0.25) is 5.13 Å². The minimum Gasteiger partial charge on any atom is -0.481 e. The molecule has 2 rings (SSSR count). The Labute approximate surface area is 124 Å². The van der Waals surface area contributed by atoms with Crippen LogP contribution in [0.4, 0.5) is 5.13 Å². The first-order chi connectivity index (χ1) is 9.33. The summed E-state index contributed by atoms with van der Waals surface area (Å²) in [6.45, 7) is 6.65. The van der Waals surface area contributed by atoms with Gasteiger partial charge in [-0.2, -0.15) is 4.37 Å². The van der Waals surface area contributed by atoms with E-state index < -0.39 is 11.4 Å². The molecule has 0 atom stereocenters. The second-order valence-corrected chi connectivity index (χ2v) is 7.42. The number of hydrogen-bond acceptors (Lipinski definition) is 5. The molecule has 0 aliphatic heterocycles. The molecule has 0 radical (unpaired) electrons. The maximum atomic E-state index is 11.6. The SMILES string of the molecule is CC(C)(C)c1nsc(NCC2(C(=O)O)CCCCC2)n1. The van der Waals surface area contributed by atoms with Gasteiger partial charge in [-0.3, -0.25) is 4.79 Å². The number of aliphatic carboxylic acids is 1. The van der Waals surface area contributed by atoms with Gasteiger partial charge >= 0.3 is 5.97 Å². The van der Waals surface area contributed by atoms with Crippen LogP contribution in [0.15, 0.2) is 0 Å². The lowest BCUT2D eigenvalue weighted by Crippen LogP contribution is -2.39. The lowest BCUT2D eigenvalue weighted by molar-refractivity contribution is -0.150. The standard InChI is InChI=1S/C14H23N3O2S/c1-13(2,3)10-16-12(20-17-10)15-9-14(11(18)19)7-5-4-6-8-14/h4-9H2,1-3H3,(H,18,19)(H,15,16,17). The Morgan fingerprint density at radius 3 is 2.50 bits per heavy atom. The van der Waals surface area contributed by atoms with Crippen LogP contribution in [-0.4, -0.2) is 27.0 Å². The van der Waals surface area contributed by atoms with Crippen LogP contribution in [0, 0.1) is 5.41 Å². The predicted molar refractivity (Wildman–Crippen MR) is 80.3 cm³/mol. The quantitative estimate of drug-likeness (QED) is 0.892. The van der Waals surface area contributed by atoms with Gasteiger partial charge in [0.1, 0.15) is 5.82 Å². The Kier molecular flexibility index (Phi) is 4.32. The Hall–Kier alpha value is -1.17. The highest BCUT2D eigenvalue weighted by atomic mass is 32.1. The normalized spacial score (nSPS) is 18.8. The van der Waals surface area contributed by atoms with Crippen LogP contribution < -0.4 is 5.32 Å². The number of aromatic nitrogens is 2. The predicted octanol–water partition coefficient (Wildman–Crippen LogP) is 3.28. The fraction of sp³-hybridized carbons (Fsp3) is 0.786. The molecule has 0 unspecified atom stereocenters. The molecule has 0 bridgehead atoms. The van der Waals surface area contributed by atoms with Crippen molar-refractivity contribution >= 4 is 22.6 Å². The van der Waals surface area contributed by atoms with Crippen LogP contribution in [0.2, 0.25) is 0 Å². The van der Waals surface area contributed by atoms with Crippen molar-refractivity contribution in [2.24, 2.45) is 5.41 Å². The van der Waals surface area contributed by atoms with Crippen LogP contribution in [-0.2, 0) is 10.2 Å². The van der Waals surface area contributed by atoms with Gasteiger partial charge in [0.15, 0.2) is 0 Å². The van der Waals surface area contributed by atoms with E-state index in [1.807, 2.05) is 0 Å². The third-order valence-electron chi connectivity index (χ3n) is 3.94. The van der Waals surface area contributed by atoms with Gasteiger partial charge in [0.05, 0.1) is 5.41 Å². The van der Waals surface area contributed by atoms with Crippen molar-refractivity contribution in [3.8, 4) is 0 Å². The molecule has 1 aromatic rings. The zero-order valence-corrected chi connectivity index (χ0v) is 13.2. The molecular weight excluding hydrogens is 274 g/mol. The highest BCUT2D eigenvalue weighted by Gasteiger charge is 2.39. The Balaban J connectivity index is 2.03. The summed E-state index contributed by atoms with van der Waals surface area (Å²) in [5.74, 6) is 0.114.